The average molecular weight is 1400 g/mol. The van der Waals surface area contributed by atoms with E-state index in [4.69, 9.17) is 11.5 Å². The summed E-state index contributed by atoms with van der Waals surface area (Å²) in [5.74, 6) is -15.6. The van der Waals surface area contributed by atoms with Crippen molar-refractivity contribution >= 4 is 98.3 Å². The van der Waals surface area contributed by atoms with Gasteiger partial charge in [-0.05, 0) is 117 Å². The molecule has 101 heavy (non-hydrogen) atoms. The fraction of sp³-hybridized carbons (Fsp3) is 0.457. The number of amides is 9. The molecule has 6 aromatic rings. The van der Waals surface area contributed by atoms with Crippen LogP contribution in [0.4, 0.5) is 8.78 Å². The Labute approximate surface area is 579 Å². The number of carboxylic acid groups (broad SMARTS) is 1. The number of nitrogens with two attached hydrogens (primary N) is 2. The topological polar surface area (TPSA) is 462 Å². The number of halogens is 2. The van der Waals surface area contributed by atoms with Gasteiger partial charge in [-0.25, -0.2) is 13.8 Å². The Morgan fingerprint density at radius 1 is 0.644 bits per heavy atom. The molecule has 2 fully saturated rings. The first-order valence-corrected chi connectivity index (χ1v) is 33.7. The van der Waals surface area contributed by atoms with Gasteiger partial charge in [0.1, 0.15) is 53.4 Å². The molecule has 2 aliphatic rings. The van der Waals surface area contributed by atoms with Crippen molar-refractivity contribution in [3.05, 3.63) is 120 Å². The Balaban J connectivity index is 1.15. The number of unbranched alkanes of at least 4 members (excludes halogenated alkanes) is 1. The van der Waals surface area contributed by atoms with Crippen LogP contribution >= 0.6 is 0 Å². The second kappa shape index (κ2) is 36.4. The minimum absolute atomic E-state index is 0.0131. The number of ketones is 3. The number of hydrogen-bond donors (Lipinski definition) is 14. The number of aliphatic carboxylic acids is 1. The van der Waals surface area contributed by atoms with Crippen molar-refractivity contribution in [1.29, 1.82) is 0 Å². The highest BCUT2D eigenvalue weighted by molar-refractivity contribution is 6.00. The number of imidazole rings is 1. The molecule has 2 saturated heterocycles. The summed E-state index contributed by atoms with van der Waals surface area (Å²) >= 11 is 0. The second-order valence-electron chi connectivity index (χ2n) is 25.8. The Kier molecular flexibility index (Phi) is 27.4. The lowest BCUT2D eigenvalue weighted by atomic mass is 9.90. The molecule has 5 heterocycles. The maximum absolute atomic E-state index is 15.2. The molecule has 16 N–H and O–H groups in total. The van der Waals surface area contributed by atoms with Crippen LogP contribution in [0.2, 0.25) is 0 Å². The number of nitrogens with one attached hydrogen (secondary N) is 10. The SMILES string of the molecule is CC(=O)N[C@H]1CCC(=O)CCCCC[C@@H](C(N)=O)NC(=O)[C@@H]2CCCN2C(=O)[C@H](Cc2ccc(O)cc2)NC(=O)[C@H](Cc2cnc[nH]2)NC(=O)[C@H](CC(=O)O)CC(=O)[C@H](Cc2c[nH]c3ccc(F)cc23)NC(=O)[C@H](Cc2c[nH]c3ccc(F)cc23)NC(=O)CNC(=O)[C@H](CCCCN)CC1=O. The van der Waals surface area contributed by atoms with Gasteiger partial charge in [-0.2, -0.15) is 0 Å². The molecule has 9 atom stereocenters. The van der Waals surface area contributed by atoms with Crippen LogP contribution in [0.25, 0.3) is 21.8 Å². The number of rotatable bonds is 16. The van der Waals surface area contributed by atoms with E-state index in [0.717, 1.165) is 0 Å². The summed E-state index contributed by atoms with van der Waals surface area (Å²) in [6, 6.07) is 3.12. The van der Waals surface area contributed by atoms with Gasteiger partial charge >= 0.3 is 5.97 Å². The lowest BCUT2D eigenvalue weighted by Crippen LogP contribution is -2.59. The van der Waals surface area contributed by atoms with E-state index in [9.17, 15) is 71.7 Å². The van der Waals surface area contributed by atoms with Crippen LogP contribution in [0, 0.1) is 23.5 Å². The number of aromatic nitrogens is 4. The fourth-order valence-electron chi connectivity index (χ4n) is 12.8. The first-order valence-electron chi connectivity index (χ1n) is 33.7. The largest absolute Gasteiger partial charge is 0.508 e. The molecule has 9 amide bonds. The van der Waals surface area contributed by atoms with Gasteiger partial charge in [0.05, 0.1) is 37.3 Å². The van der Waals surface area contributed by atoms with Crippen LogP contribution in [0.1, 0.15) is 126 Å². The molecule has 0 aliphatic carbocycles. The van der Waals surface area contributed by atoms with Crippen molar-refractivity contribution < 1.29 is 81.3 Å². The number of carboxylic acids is 1. The Bertz CT molecular complexity index is 3990. The van der Waals surface area contributed by atoms with E-state index in [2.05, 4.69) is 57.2 Å². The molecule has 2 aliphatic heterocycles. The highest BCUT2D eigenvalue weighted by atomic mass is 19.1. The number of carbonyl (C=O) groups excluding carboxylic acids is 12. The minimum atomic E-state index is -1.81. The lowest BCUT2D eigenvalue weighted by molar-refractivity contribution is -0.143. The quantitative estimate of drug-likeness (QED) is 0.0618. The van der Waals surface area contributed by atoms with E-state index < -0.39 is 175 Å². The molecular formula is C70H86F2N14O15. The predicted molar refractivity (Wildman–Crippen MR) is 361 cm³/mol. The molecular weight excluding hydrogens is 1310 g/mol. The number of carbonyl (C=O) groups is 13. The third-order valence-corrected chi connectivity index (χ3v) is 18.2. The lowest BCUT2D eigenvalue weighted by Gasteiger charge is -2.31. The Morgan fingerprint density at radius 3 is 1.90 bits per heavy atom. The van der Waals surface area contributed by atoms with Crippen LogP contribution in [0.3, 0.4) is 0 Å². The highest BCUT2D eigenvalue weighted by Gasteiger charge is 2.41. The number of aromatic hydroxyl groups is 1. The molecule has 0 unspecified atom stereocenters. The van der Waals surface area contributed by atoms with Crippen LogP contribution in [-0.2, 0) is 88.0 Å². The van der Waals surface area contributed by atoms with E-state index in [1.54, 1.807) is 0 Å². The number of hydrogen-bond acceptors (Lipinski definition) is 16. The van der Waals surface area contributed by atoms with Crippen molar-refractivity contribution in [2.24, 2.45) is 23.3 Å². The number of H-pyrrole nitrogens is 3. The van der Waals surface area contributed by atoms with Gasteiger partial charge in [-0.1, -0.05) is 31.4 Å². The molecule has 3 aromatic carbocycles. The van der Waals surface area contributed by atoms with Gasteiger partial charge in [0.2, 0.25) is 53.2 Å². The zero-order chi connectivity index (χ0) is 72.9. The standard InChI is InChI=1S/C70H86F2N14O15/c1-38(87)80-53-21-18-47(88)9-3-2-4-10-54(64(74)95)82-69(100)59-11-7-23-86(59)70(101)58(24-39-12-16-48(89)17-13-39)85-68(99)57(32-46-35-75-37-79-46)84-66(97)41(29-63(93)94)28-61(91)55(25-42-33-76-51-19-14-44(71)30-49(42)51)83-67(98)56(26-43-34-77-52-20-15-45(72)31-50(43)52)81-62(92)36-78-65(96)40(27-60(53)90)8-5-6-22-73/h12-17,19-20,30-31,33-35,37,40-41,53-59,76-77,89H,2-11,18,21-29,32,36,73H2,1H3,(H2,74,95)(H,75,79)(H,78,96)(H,80,87)(H,81,92)(H,82,100)(H,83,98)(H,84,97)(H,85,99)(H,93,94)/t40-,41+,53+,54+,55+,56+,57+,58+,59+/m1/s1. The monoisotopic (exact) mass is 1400 g/mol. The van der Waals surface area contributed by atoms with E-state index >= 15 is 9.59 Å². The van der Waals surface area contributed by atoms with Crippen molar-refractivity contribution in [3.8, 4) is 5.75 Å². The molecule has 0 saturated carbocycles. The van der Waals surface area contributed by atoms with E-state index in [0.29, 0.717) is 66.1 Å². The third-order valence-electron chi connectivity index (χ3n) is 18.2. The van der Waals surface area contributed by atoms with E-state index in [1.807, 2.05) is 0 Å². The van der Waals surface area contributed by atoms with Crippen molar-refractivity contribution in [1.82, 2.24) is 62.1 Å². The number of Topliss-reactive ketones (excluding diaryl/α,β-unsaturated/α-hetero) is 3. The van der Waals surface area contributed by atoms with Crippen LogP contribution in [-0.4, -0.2) is 173 Å². The number of aromatic amines is 3. The number of fused-ring (bicyclic) bond motifs is 3. The number of benzene rings is 3. The fourth-order valence-corrected chi connectivity index (χ4v) is 12.8. The van der Waals surface area contributed by atoms with Crippen molar-refractivity contribution in [2.45, 2.75) is 171 Å². The number of primary amides is 1. The van der Waals surface area contributed by atoms with E-state index in [-0.39, 0.29) is 92.6 Å². The molecule has 0 spiro atoms. The number of nitrogens with zero attached hydrogens (tertiary/aromatic N) is 2. The molecule has 0 bridgehead atoms. The molecule has 3 aromatic heterocycles. The molecule has 31 heteroatoms. The summed E-state index contributed by atoms with van der Waals surface area (Å²) in [6.07, 6.45) is 3.83. The van der Waals surface area contributed by atoms with Gasteiger partial charge in [-0.3, -0.25) is 62.3 Å². The zero-order valence-corrected chi connectivity index (χ0v) is 55.8. The summed E-state index contributed by atoms with van der Waals surface area (Å²) in [4.78, 5) is 197. The summed E-state index contributed by atoms with van der Waals surface area (Å²) in [5.41, 5.74) is 13.7. The van der Waals surface area contributed by atoms with Gasteiger partial charge in [0.15, 0.2) is 11.6 Å². The number of phenols is 1. The summed E-state index contributed by atoms with van der Waals surface area (Å²) < 4.78 is 29.9. The summed E-state index contributed by atoms with van der Waals surface area (Å²) in [7, 11) is 0. The molecule has 540 valence electrons. The van der Waals surface area contributed by atoms with Crippen LogP contribution in [0.5, 0.6) is 5.75 Å². The first-order chi connectivity index (χ1) is 48.3. The summed E-state index contributed by atoms with van der Waals surface area (Å²) in [5, 5.41) is 39.4. The predicted octanol–water partition coefficient (Wildman–Crippen LogP) is 2.22. The normalized spacial score (nSPS) is 23.1. The van der Waals surface area contributed by atoms with Crippen LogP contribution in [0.15, 0.2) is 85.6 Å². The third kappa shape index (κ3) is 22.1. The Morgan fingerprint density at radius 2 is 1.28 bits per heavy atom. The minimum Gasteiger partial charge on any atom is -0.508 e. The Hall–Kier alpha value is -10.7. The highest BCUT2D eigenvalue weighted by Crippen LogP contribution is 2.27. The van der Waals surface area contributed by atoms with Crippen LogP contribution < -0.4 is 48.7 Å². The zero-order valence-electron chi connectivity index (χ0n) is 55.8. The van der Waals surface area contributed by atoms with Gasteiger partial charge < -0.3 is 78.7 Å². The molecule has 29 nitrogen and oxygen atoms in total. The van der Waals surface area contributed by atoms with Gasteiger partial charge in [0.25, 0.3) is 0 Å². The second-order valence-corrected chi connectivity index (χ2v) is 25.8. The van der Waals surface area contributed by atoms with Crippen molar-refractivity contribution in [3.63, 3.8) is 0 Å². The number of phenolic OH excluding ortho intramolecular Hbond substituents is 1. The summed E-state index contributed by atoms with van der Waals surface area (Å²) in [6.45, 7) is 0.641. The molecule has 0 radical (unpaired) electrons. The van der Waals surface area contributed by atoms with Gasteiger partial charge in [0, 0.05) is 117 Å². The van der Waals surface area contributed by atoms with Crippen molar-refractivity contribution in [2.75, 3.05) is 19.6 Å². The van der Waals surface area contributed by atoms with Gasteiger partial charge in [-0.15, -0.1) is 0 Å². The smallest absolute Gasteiger partial charge is 0.304 e. The average Bonchev–Trinajstić information content (AvgIpc) is 1.72. The first kappa shape index (κ1) is 76.0. The van der Waals surface area contributed by atoms with E-state index in [1.165, 1.54) is 97.4 Å². The maximum Gasteiger partial charge on any atom is 0.304 e. The maximum atomic E-state index is 15.2. The molecule has 8 rings (SSSR count).